The van der Waals surface area contributed by atoms with Crippen molar-refractivity contribution in [2.24, 2.45) is 5.73 Å². The van der Waals surface area contributed by atoms with E-state index < -0.39 is 5.91 Å². The number of carbonyl (C=O) groups is 2. The second-order valence-corrected chi connectivity index (χ2v) is 6.46. The first kappa shape index (κ1) is 16.3. The molecule has 2 aromatic rings. The fourth-order valence-electron chi connectivity index (χ4n) is 3.13. The van der Waals surface area contributed by atoms with Crippen molar-refractivity contribution in [2.75, 3.05) is 6.61 Å². The Bertz CT molecular complexity index is 816. The highest BCUT2D eigenvalue weighted by molar-refractivity contribution is 5.99. The van der Waals surface area contributed by atoms with Gasteiger partial charge in [0, 0.05) is 23.0 Å². The standard InChI is InChI=1S/C19H22N2O3/c1-11-4-7-15(19(20)23)18(8-11)24-10-17(22)16-9-12(2)21(13(16)3)14-5-6-14/h4,7-9,14H,5-6,10H2,1-3H3,(H2,20,23). The number of aromatic nitrogens is 1. The minimum Gasteiger partial charge on any atom is -0.485 e. The number of amides is 1. The van der Waals surface area contributed by atoms with Crippen LogP contribution in [0.1, 0.15) is 56.6 Å². The highest BCUT2D eigenvalue weighted by Crippen LogP contribution is 2.38. The van der Waals surface area contributed by atoms with Crippen LogP contribution in [0, 0.1) is 20.8 Å². The van der Waals surface area contributed by atoms with Crippen LogP contribution >= 0.6 is 0 Å². The molecular weight excluding hydrogens is 304 g/mol. The lowest BCUT2D eigenvalue weighted by Crippen LogP contribution is -2.17. The van der Waals surface area contributed by atoms with Gasteiger partial charge in [-0.15, -0.1) is 0 Å². The third-order valence-corrected chi connectivity index (χ3v) is 4.46. The number of primary amides is 1. The number of carbonyl (C=O) groups excluding carboxylic acids is 2. The van der Waals surface area contributed by atoms with E-state index in [4.69, 9.17) is 10.5 Å². The molecule has 1 amide bonds. The van der Waals surface area contributed by atoms with Crippen LogP contribution in [0.3, 0.4) is 0 Å². The molecule has 5 nitrogen and oxygen atoms in total. The molecule has 1 aliphatic rings. The number of nitrogens with zero attached hydrogens (tertiary/aromatic N) is 1. The Hall–Kier alpha value is -2.56. The quantitative estimate of drug-likeness (QED) is 0.829. The molecule has 0 unspecified atom stereocenters. The summed E-state index contributed by atoms with van der Waals surface area (Å²) in [6, 6.07) is 7.59. The fraction of sp³-hybridized carbons (Fsp3) is 0.368. The SMILES string of the molecule is Cc1ccc(C(N)=O)c(OCC(=O)c2cc(C)n(C3CC3)c2C)c1. The van der Waals surface area contributed by atoms with E-state index >= 15 is 0 Å². The normalized spacial score (nSPS) is 13.8. The van der Waals surface area contributed by atoms with Crippen molar-refractivity contribution in [3.05, 3.63) is 52.3 Å². The zero-order chi connectivity index (χ0) is 17.4. The second kappa shape index (κ2) is 6.15. The van der Waals surface area contributed by atoms with E-state index in [-0.39, 0.29) is 18.0 Å². The Morgan fingerprint density at radius 1 is 1.17 bits per heavy atom. The van der Waals surface area contributed by atoms with Crippen molar-refractivity contribution in [1.82, 2.24) is 4.57 Å². The summed E-state index contributed by atoms with van der Waals surface area (Å²) in [5.74, 6) is -0.303. The van der Waals surface area contributed by atoms with E-state index in [2.05, 4.69) is 4.57 Å². The van der Waals surface area contributed by atoms with Gasteiger partial charge in [0.25, 0.3) is 5.91 Å². The molecule has 0 atom stereocenters. The van der Waals surface area contributed by atoms with Gasteiger partial charge < -0.3 is 15.0 Å². The van der Waals surface area contributed by atoms with Gasteiger partial charge >= 0.3 is 0 Å². The fourth-order valence-corrected chi connectivity index (χ4v) is 3.13. The van der Waals surface area contributed by atoms with Crippen molar-refractivity contribution in [2.45, 2.75) is 39.7 Å². The van der Waals surface area contributed by atoms with E-state index in [9.17, 15) is 9.59 Å². The lowest BCUT2D eigenvalue weighted by molar-refractivity contribution is 0.0911. The molecule has 0 aliphatic heterocycles. The third kappa shape index (κ3) is 3.07. The van der Waals surface area contributed by atoms with Gasteiger partial charge in [0.15, 0.2) is 6.61 Å². The second-order valence-electron chi connectivity index (χ2n) is 6.46. The molecule has 0 bridgehead atoms. The Labute approximate surface area is 141 Å². The molecule has 0 spiro atoms. The van der Waals surface area contributed by atoms with Crippen LogP contribution < -0.4 is 10.5 Å². The molecule has 0 saturated heterocycles. The minimum atomic E-state index is -0.565. The predicted octanol–water partition coefficient (Wildman–Crippen LogP) is 3.11. The first-order valence-corrected chi connectivity index (χ1v) is 8.13. The van der Waals surface area contributed by atoms with Gasteiger partial charge in [-0.2, -0.15) is 0 Å². The summed E-state index contributed by atoms with van der Waals surface area (Å²) < 4.78 is 7.85. The summed E-state index contributed by atoms with van der Waals surface area (Å²) >= 11 is 0. The molecule has 1 saturated carbocycles. The maximum absolute atomic E-state index is 12.6. The van der Waals surface area contributed by atoms with E-state index in [0.717, 1.165) is 17.0 Å². The lowest BCUT2D eigenvalue weighted by atomic mass is 10.1. The number of Topliss-reactive ketones (excluding diaryl/α,β-unsaturated/α-hetero) is 1. The number of nitrogens with two attached hydrogens (primary N) is 1. The Kier molecular flexibility index (Phi) is 4.18. The number of ketones is 1. The largest absolute Gasteiger partial charge is 0.485 e. The highest BCUT2D eigenvalue weighted by Gasteiger charge is 2.28. The summed E-state index contributed by atoms with van der Waals surface area (Å²) in [6.07, 6.45) is 2.34. The highest BCUT2D eigenvalue weighted by atomic mass is 16.5. The number of hydrogen-bond donors (Lipinski definition) is 1. The van der Waals surface area contributed by atoms with Gasteiger partial charge in [-0.1, -0.05) is 6.07 Å². The van der Waals surface area contributed by atoms with Crippen LogP contribution in [0.2, 0.25) is 0 Å². The average molecular weight is 326 g/mol. The summed E-state index contributed by atoms with van der Waals surface area (Å²) in [4.78, 5) is 24.0. The van der Waals surface area contributed by atoms with Gasteiger partial charge in [0.1, 0.15) is 5.75 Å². The van der Waals surface area contributed by atoms with Gasteiger partial charge in [0.05, 0.1) is 5.56 Å². The van der Waals surface area contributed by atoms with Crippen LogP contribution in [0.15, 0.2) is 24.3 Å². The molecule has 1 aromatic carbocycles. The number of rotatable bonds is 6. The average Bonchev–Trinajstić information content (AvgIpc) is 3.30. The molecule has 1 heterocycles. The van der Waals surface area contributed by atoms with E-state index in [1.54, 1.807) is 18.2 Å². The Balaban J connectivity index is 1.78. The maximum Gasteiger partial charge on any atom is 0.252 e. The smallest absolute Gasteiger partial charge is 0.252 e. The van der Waals surface area contributed by atoms with Crippen LogP contribution in [0.5, 0.6) is 5.75 Å². The monoisotopic (exact) mass is 326 g/mol. The van der Waals surface area contributed by atoms with Crippen LogP contribution in [-0.2, 0) is 0 Å². The molecule has 126 valence electrons. The lowest BCUT2D eigenvalue weighted by Gasteiger charge is -2.10. The Morgan fingerprint density at radius 2 is 1.88 bits per heavy atom. The van der Waals surface area contributed by atoms with Crippen molar-refractivity contribution < 1.29 is 14.3 Å². The van der Waals surface area contributed by atoms with Crippen LogP contribution in [-0.4, -0.2) is 22.9 Å². The molecule has 1 aromatic heterocycles. The van der Waals surface area contributed by atoms with Gasteiger partial charge in [0.2, 0.25) is 5.78 Å². The molecule has 5 heteroatoms. The minimum absolute atomic E-state index is 0.0908. The molecule has 1 aliphatic carbocycles. The van der Waals surface area contributed by atoms with E-state index in [1.165, 1.54) is 12.8 Å². The zero-order valence-corrected chi connectivity index (χ0v) is 14.3. The summed E-state index contributed by atoms with van der Waals surface area (Å²) in [6.45, 7) is 5.77. The predicted molar refractivity (Wildman–Crippen MR) is 91.7 cm³/mol. The first-order valence-electron chi connectivity index (χ1n) is 8.13. The van der Waals surface area contributed by atoms with Gasteiger partial charge in [-0.3, -0.25) is 9.59 Å². The van der Waals surface area contributed by atoms with Gasteiger partial charge in [-0.25, -0.2) is 0 Å². The number of aryl methyl sites for hydroxylation is 2. The topological polar surface area (TPSA) is 74.3 Å². The Morgan fingerprint density at radius 3 is 2.50 bits per heavy atom. The number of benzene rings is 1. The molecule has 24 heavy (non-hydrogen) atoms. The van der Waals surface area contributed by atoms with Crippen molar-refractivity contribution in [3.63, 3.8) is 0 Å². The van der Waals surface area contributed by atoms with Crippen LogP contribution in [0.25, 0.3) is 0 Å². The van der Waals surface area contributed by atoms with Crippen molar-refractivity contribution in [3.8, 4) is 5.75 Å². The summed E-state index contributed by atoms with van der Waals surface area (Å²) in [7, 11) is 0. The maximum atomic E-state index is 12.6. The third-order valence-electron chi connectivity index (χ3n) is 4.46. The summed E-state index contributed by atoms with van der Waals surface area (Å²) in [5.41, 5.74) is 9.37. The van der Waals surface area contributed by atoms with E-state index in [0.29, 0.717) is 17.4 Å². The molecule has 3 rings (SSSR count). The van der Waals surface area contributed by atoms with E-state index in [1.807, 2.05) is 26.8 Å². The number of hydrogen-bond acceptors (Lipinski definition) is 3. The molecule has 1 fully saturated rings. The summed E-state index contributed by atoms with van der Waals surface area (Å²) in [5, 5.41) is 0. The van der Waals surface area contributed by atoms with Crippen molar-refractivity contribution >= 4 is 11.7 Å². The van der Waals surface area contributed by atoms with Crippen LogP contribution in [0.4, 0.5) is 0 Å². The molecule has 2 N–H and O–H groups in total. The first-order chi connectivity index (χ1) is 11.4. The van der Waals surface area contributed by atoms with Crippen molar-refractivity contribution in [1.29, 1.82) is 0 Å². The molecule has 0 radical (unpaired) electrons. The number of ether oxygens (including phenoxy) is 1. The zero-order valence-electron chi connectivity index (χ0n) is 14.3. The van der Waals surface area contributed by atoms with Gasteiger partial charge in [-0.05, 0) is 57.4 Å². The molecular formula is C19H22N2O3.